The summed E-state index contributed by atoms with van der Waals surface area (Å²) < 4.78 is 22.4. The van der Waals surface area contributed by atoms with Crippen molar-refractivity contribution in [1.29, 1.82) is 0 Å². The van der Waals surface area contributed by atoms with E-state index in [1.54, 1.807) is 24.3 Å². The van der Waals surface area contributed by atoms with Gasteiger partial charge in [-0.2, -0.15) is 4.55 Å². The van der Waals surface area contributed by atoms with Crippen molar-refractivity contribution >= 4 is 21.3 Å². The van der Waals surface area contributed by atoms with Crippen LogP contribution in [-0.2, 0) is 27.6 Å². The van der Waals surface area contributed by atoms with Gasteiger partial charge in [-0.3, -0.25) is 9.36 Å². The minimum absolute atomic E-state index is 0.138. The maximum atomic E-state index is 13.0. The topological polar surface area (TPSA) is 98.2 Å². The zero-order chi connectivity index (χ0) is 21.8. The summed E-state index contributed by atoms with van der Waals surface area (Å²) in [6.07, 6.45) is 2.13. The average molecular weight is 431 g/mol. The second kappa shape index (κ2) is 8.66. The minimum Gasteiger partial charge on any atom is -0.294 e. The van der Waals surface area contributed by atoms with Crippen LogP contribution < -0.4 is 10.7 Å². The van der Waals surface area contributed by atoms with Gasteiger partial charge >= 0.3 is 10.4 Å². The third-order valence-electron chi connectivity index (χ3n) is 4.81. The highest BCUT2D eigenvalue weighted by Crippen LogP contribution is 2.14. The highest BCUT2D eigenvalue weighted by Gasteiger charge is 2.22. The van der Waals surface area contributed by atoms with E-state index >= 15 is 0 Å². The number of fused-ring (bicyclic) bond motifs is 1. The monoisotopic (exact) mass is 430 g/mol. The highest BCUT2D eigenvalue weighted by molar-refractivity contribution is 7.95. The Bertz CT molecular complexity index is 1400. The Morgan fingerprint density at radius 2 is 1.74 bits per heavy atom. The van der Waals surface area contributed by atoms with E-state index in [1.165, 1.54) is 23.0 Å². The van der Waals surface area contributed by atoms with Gasteiger partial charge in [-0.25, -0.2) is 4.98 Å². The molecule has 1 atom stereocenters. The Labute approximate surface area is 180 Å². The summed E-state index contributed by atoms with van der Waals surface area (Å²) in [5.41, 5.74) is 3.11. The molecule has 3 aromatic carbocycles. The number of aromatic nitrogens is 2. The first-order valence-electron chi connectivity index (χ1n) is 9.55. The van der Waals surface area contributed by atoms with Gasteiger partial charge in [0.15, 0.2) is 0 Å². The molecule has 1 unspecified atom stereocenters. The van der Waals surface area contributed by atoms with E-state index in [-0.39, 0.29) is 17.0 Å². The summed E-state index contributed by atoms with van der Waals surface area (Å²) in [6.45, 7) is 0.281. The summed E-state index contributed by atoms with van der Waals surface area (Å²) in [7, 11) is -3.50. The number of rotatable bonds is 4. The van der Waals surface area contributed by atoms with Crippen LogP contribution in [0.3, 0.4) is 0 Å². The zero-order valence-corrected chi connectivity index (χ0v) is 17.4. The number of hydrogen-bond donors (Lipinski definition) is 2. The molecule has 4 rings (SSSR count). The molecule has 31 heavy (non-hydrogen) atoms. The van der Waals surface area contributed by atoms with E-state index in [0.29, 0.717) is 17.3 Å². The Hall–Kier alpha value is -3.57. The molecule has 6 nitrogen and oxygen atoms in total. The maximum Gasteiger partial charge on any atom is 0.320 e. The van der Waals surface area contributed by atoms with Gasteiger partial charge in [0, 0.05) is 12.0 Å². The van der Waals surface area contributed by atoms with Gasteiger partial charge in [0.1, 0.15) is 0 Å². The molecule has 0 fully saturated rings. The predicted octanol–water partition coefficient (Wildman–Crippen LogP) is 3.24. The van der Waals surface area contributed by atoms with Gasteiger partial charge in [-0.15, -0.1) is 5.14 Å². The molecule has 3 N–H and O–H groups in total. The van der Waals surface area contributed by atoms with Crippen molar-refractivity contribution in [3.05, 3.63) is 106 Å². The van der Waals surface area contributed by atoms with E-state index in [9.17, 15) is 13.6 Å². The molecule has 0 amide bonds. The van der Waals surface area contributed by atoms with Gasteiger partial charge < -0.3 is 0 Å². The molecule has 154 valence electrons. The predicted molar refractivity (Wildman–Crippen MR) is 122 cm³/mol. The molecule has 0 aliphatic rings. The number of nitrogens with two attached hydrogens (primary N) is 1. The molecular weight excluding hydrogens is 410 g/mol. The van der Waals surface area contributed by atoms with Crippen LogP contribution in [0.4, 0.5) is 0 Å². The Morgan fingerprint density at radius 3 is 2.45 bits per heavy atom. The number of nitrogens with zero attached hydrogens (tertiary/aromatic N) is 2. The molecule has 0 saturated carbocycles. The SMILES string of the molecule is N[S+](=O)(O)c1ccc(Cn2cnc3ccc(C#CCc4ccccc4)cc3c2=O)cc1. The van der Waals surface area contributed by atoms with Crippen LogP contribution in [0.1, 0.15) is 16.7 Å². The second-order valence-corrected chi connectivity index (χ2v) is 8.69. The fourth-order valence-electron chi connectivity index (χ4n) is 3.18. The normalized spacial score (nSPS) is 12.7. The Kier molecular flexibility index (Phi) is 5.78. The lowest BCUT2D eigenvalue weighted by atomic mass is 10.1. The van der Waals surface area contributed by atoms with Crippen molar-refractivity contribution in [1.82, 2.24) is 9.55 Å². The molecule has 0 aliphatic carbocycles. The van der Waals surface area contributed by atoms with Crippen LogP contribution in [0.25, 0.3) is 10.9 Å². The van der Waals surface area contributed by atoms with Gasteiger partial charge in [-0.05, 0) is 45.7 Å². The third kappa shape index (κ3) is 4.95. The first kappa shape index (κ1) is 20.7. The molecule has 0 bridgehead atoms. The zero-order valence-electron chi connectivity index (χ0n) is 16.6. The molecule has 4 aromatic rings. The molecule has 0 aliphatic heterocycles. The van der Waals surface area contributed by atoms with E-state index < -0.39 is 10.4 Å². The lowest BCUT2D eigenvalue weighted by molar-refractivity contribution is 0.498. The lowest BCUT2D eigenvalue weighted by Gasteiger charge is -2.07. The summed E-state index contributed by atoms with van der Waals surface area (Å²) >= 11 is 0. The molecule has 0 radical (unpaired) electrons. The summed E-state index contributed by atoms with van der Waals surface area (Å²) in [5, 5.41) is 5.73. The van der Waals surface area contributed by atoms with Crippen molar-refractivity contribution in [2.24, 2.45) is 5.14 Å². The average Bonchev–Trinajstić information content (AvgIpc) is 2.76. The number of benzene rings is 3. The molecule has 0 saturated heterocycles. The molecule has 1 aromatic heterocycles. The Balaban J connectivity index is 1.59. The quantitative estimate of drug-likeness (QED) is 0.384. The number of hydrogen-bond acceptors (Lipinski definition) is 3. The highest BCUT2D eigenvalue weighted by atomic mass is 32.3. The van der Waals surface area contributed by atoms with E-state index in [0.717, 1.165) is 16.7 Å². The smallest absolute Gasteiger partial charge is 0.294 e. The third-order valence-corrected chi connectivity index (χ3v) is 5.75. The molecule has 0 spiro atoms. The first-order valence-corrected chi connectivity index (χ1v) is 11.1. The van der Waals surface area contributed by atoms with Crippen molar-refractivity contribution in [2.75, 3.05) is 0 Å². The van der Waals surface area contributed by atoms with Crippen LogP contribution >= 0.6 is 0 Å². The van der Waals surface area contributed by atoms with Crippen LogP contribution in [0.2, 0.25) is 0 Å². The van der Waals surface area contributed by atoms with E-state index in [1.807, 2.05) is 36.4 Å². The fraction of sp³-hybridized carbons (Fsp3) is 0.0833. The molecule has 1 heterocycles. The van der Waals surface area contributed by atoms with Gasteiger partial charge in [0.2, 0.25) is 4.90 Å². The Morgan fingerprint density at radius 1 is 1.00 bits per heavy atom. The van der Waals surface area contributed by atoms with Crippen LogP contribution in [0.5, 0.6) is 0 Å². The molecule has 7 heteroatoms. The van der Waals surface area contributed by atoms with Crippen molar-refractivity contribution in [3.63, 3.8) is 0 Å². The summed E-state index contributed by atoms with van der Waals surface area (Å²) in [4.78, 5) is 17.5. The largest absolute Gasteiger partial charge is 0.320 e. The van der Waals surface area contributed by atoms with Crippen LogP contribution in [0, 0.1) is 11.8 Å². The van der Waals surface area contributed by atoms with Gasteiger partial charge in [0.05, 0.1) is 23.8 Å². The van der Waals surface area contributed by atoms with Crippen LogP contribution in [-0.4, -0.2) is 14.1 Å². The van der Waals surface area contributed by atoms with Gasteiger partial charge in [0.25, 0.3) is 5.56 Å². The second-order valence-electron chi connectivity index (χ2n) is 7.09. The van der Waals surface area contributed by atoms with Gasteiger partial charge in [-0.1, -0.05) is 54.3 Å². The summed E-state index contributed by atoms with van der Waals surface area (Å²) in [5.74, 6) is 6.25. The van der Waals surface area contributed by atoms with Crippen molar-refractivity contribution in [2.45, 2.75) is 17.9 Å². The fourth-order valence-corrected chi connectivity index (χ4v) is 3.71. The summed E-state index contributed by atoms with van der Waals surface area (Å²) in [6, 6.07) is 21.7. The van der Waals surface area contributed by atoms with E-state index in [4.69, 9.17) is 5.14 Å². The minimum atomic E-state index is -3.50. The van der Waals surface area contributed by atoms with E-state index in [2.05, 4.69) is 16.8 Å². The molecular formula is C24H20N3O3S+. The first-order chi connectivity index (χ1) is 14.9. The lowest BCUT2D eigenvalue weighted by Crippen LogP contribution is -2.22. The van der Waals surface area contributed by atoms with Crippen molar-refractivity contribution < 1.29 is 8.76 Å². The van der Waals surface area contributed by atoms with Crippen molar-refractivity contribution in [3.8, 4) is 11.8 Å². The standard InChI is InChI=1S/C24H19N3O3S/c25-31(29,30)21-12-9-20(10-13-21)16-27-17-26-23-14-11-19(15-22(23)24(27)28)8-4-7-18-5-2-1-3-6-18/h1-3,5-6,9-15,17H,7,16H2,(H2-,25,29,30)/p+1. The van der Waals surface area contributed by atoms with Crippen LogP contribution in [0.15, 0.2) is 88.8 Å². The maximum absolute atomic E-state index is 13.0.